The van der Waals surface area contributed by atoms with Crippen LogP contribution in [0.1, 0.15) is 24.1 Å². The van der Waals surface area contributed by atoms with E-state index in [9.17, 15) is 4.39 Å². The molecule has 0 fully saturated rings. The molecule has 2 aromatic rings. The quantitative estimate of drug-likeness (QED) is 0.809. The van der Waals surface area contributed by atoms with Crippen molar-refractivity contribution in [2.24, 2.45) is 0 Å². The molecule has 19 heavy (non-hydrogen) atoms. The minimum Gasteiger partial charge on any atom is -0.397 e. The summed E-state index contributed by atoms with van der Waals surface area (Å²) < 4.78 is 13.2. The number of rotatable bonds is 3. The second-order valence-electron chi connectivity index (χ2n) is 4.58. The van der Waals surface area contributed by atoms with E-state index in [1.165, 1.54) is 23.3 Å². The van der Waals surface area contributed by atoms with E-state index >= 15 is 0 Å². The van der Waals surface area contributed by atoms with E-state index in [0.29, 0.717) is 11.4 Å². The topological polar surface area (TPSA) is 38.0 Å². The molecule has 0 saturated carbocycles. The van der Waals surface area contributed by atoms with E-state index in [1.54, 1.807) is 0 Å². The summed E-state index contributed by atoms with van der Waals surface area (Å²) in [6, 6.07) is 10.9. The molecule has 0 amide bonds. The highest BCUT2D eigenvalue weighted by atomic mass is 35.5. The Morgan fingerprint density at radius 3 is 2.63 bits per heavy atom. The third-order valence-electron chi connectivity index (χ3n) is 3.12. The Balaban J connectivity index is 2.27. The lowest BCUT2D eigenvalue weighted by Crippen LogP contribution is -2.10. The van der Waals surface area contributed by atoms with Crippen LogP contribution in [0.2, 0.25) is 5.02 Å². The standard InChI is InChI=1S/C15H16ClFN2/c1-9-5-3-4-6-11(9)10(2)19-15-7-12(16)13(17)8-14(15)18/h3-8,10,19H,18H2,1-2H3. The van der Waals surface area contributed by atoms with Gasteiger partial charge < -0.3 is 11.1 Å². The van der Waals surface area contributed by atoms with E-state index in [1.807, 2.05) is 25.1 Å². The molecule has 0 aliphatic rings. The fourth-order valence-corrected chi connectivity index (χ4v) is 2.23. The van der Waals surface area contributed by atoms with Gasteiger partial charge in [0.2, 0.25) is 0 Å². The maximum absolute atomic E-state index is 13.2. The van der Waals surface area contributed by atoms with Crippen LogP contribution in [0.25, 0.3) is 0 Å². The van der Waals surface area contributed by atoms with Crippen molar-refractivity contribution >= 4 is 23.0 Å². The van der Waals surface area contributed by atoms with Crippen LogP contribution < -0.4 is 11.1 Å². The Morgan fingerprint density at radius 1 is 1.26 bits per heavy atom. The number of anilines is 2. The number of nitrogens with one attached hydrogen (secondary N) is 1. The van der Waals surface area contributed by atoms with Crippen LogP contribution in [0.3, 0.4) is 0 Å². The third-order valence-corrected chi connectivity index (χ3v) is 3.41. The van der Waals surface area contributed by atoms with Crippen LogP contribution >= 0.6 is 11.6 Å². The summed E-state index contributed by atoms with van der Waals surface area (Å²) in [7, 11) is 0. The molecule has 2 nitrogen and oxygen atoms in total. The number of halogens is 2. The predicted molar refractivity (Wildman–Crippen MR) is 79.0 cm³/mol. The summed E-state index contributed by atoms with van der Waals surface area (Å²) in [5.41, 5.74) is 9.14. The molecule has 0 aliphatic heterocycles. The van der Waals surface area contributed by atoms with Gasteiger partial charge in [-0.25, -0.2) is 4.39 Å². The highest BCUT2D eigenvalue weighted by molar-refractivity contribution is 6.31. The maximum Gasteiger partial charge on any atom is 0.143 e. The van der Waals surface area contributed by atoms with E-state index in [4.69, 9.17) is 17.3 Å². The molecule has 2 aromatic carbocycles. The summed E-state index contributed by atoms with van der Waals surface area (Å²) in [4.78, 5) is 0. The molecule has 0 aromatic heterocycles. The van der Waals surface area contributed by atoms with Gasteiger partial charge in [-0.3, -0.25) is 0 Å². The van der Waals surface area contributed by atoms with Crippen molar-refractivity contribution in [1.82, 2.24) is 0 Å². The molecule has 2 rings (SSSR count). The molecule has 0 aliphatic carbocycles. The summed E-state index contributed by atoms with van der Waals surface area (Å²) in [6.07, 6.45) is 0. The van der Waals surface area contributed by atoms with Crippen molar-refractivity contribution in [1.29, 1.82) is 0 Å². The fourth-order valence-electron chi connectivity index (χ4n) is 2.07. The van der Waals surface area contributed by atoms with Crippen LogP contribution in [-0.4, -0.2) is 0 Å². The summed E-state index contributed by atoms with van der Waals surface area (Å²) in [5.74, 6) is -0.506. The number of hydrogen-bond donors (Lipinski definition) is 2. The molecule has 0 bridgehead atoms. The second kappa shape index (κ2) is 5.49. The van der Waals surface area contributed by atoms with Gasteiger partial charge >= 0.3 is 0 Å². The first-order valence-electron chi connectivity index (χ1n) is 6.05. The number of nitrogens with two attached hydrogens (primary N) is 1. The zero-order valence-corrected chi connectivity index (χ0v) is 11.6. The van der Waals surface area contributed by atoms with Gasteiger partial charge in [0.1, 0.15) is 5.82 Å². The Labute approximate surface area is 117 Å². The fraction of sp³-hybridized carbons (Fsp3) is 0.200. The molecule has 100 valence electrons. The molecular weight excluding hydrogens is 263 g/mol. The van der Waals surface area contributed by atoms with Gasteiger partial charge in [-0.1, -0.05) is 35.9 Å². The van der Waals surface area contributed by atoms with Crippen LogP contribution in [0.4, 0.5) is 15.8 Å². The largest absolute Gasteiger partial charge is 0.397 e. The molecule has 1 atom stereocenters. The lowest BCUT2D eigenvalue weighted by Gasteiger charge is -2.19. The first-order valence-corrected chi connectivity index (χ1v) is 6.43. The van der Waals surface area contributed by atoms with E-state index in [0.717, 1.165) is 0 Å². The van der Waals surface area contributed by atoms with Gasteiger partial charge in [0.05, 0.1) is 16.4 Å². The SMILES string of the molecule is Cc1ccccc1C(C)Nc1cc(Cl)c(F)cc1N. The molecule has 3 N–H and O–H groups in total. The average molecular weight is 279 g/mol. The van der Waals surface area contributed by atoms with Crippen LogP contribution in [0.5, 0.6) is 0 Å². The van der Waals surface area contributed by atoms with Crippen molar-refractivity contribution in [3.63, 3.8) is 0 Å². The Kier molecular flexibility index (Phi) is 3.96. The highest BCUT2D eigenvalue weighted by Gasteiger charge is 2.11. The van der Waals surface area contributed by atoms with Gasteiger partial charge in [0, 0.05) is 12.1 Å². The Hall–Kier alpha value is -1.74. The first kappa shape index (κ1) is 13.7. The molecule has 0 spiro atoms. The number of nitrogen functional groups attached to an aromatic ring is 1. The lowest BCUT2D eigenvalue weighted by molar-refractivity contribution is 0.629. The average Bonchev–Trinajstić information content (AvgIpc) is 2.36. The molecule has 0 saturated heterocycles. The second-order valence-corrected chi connectivity index (χ2v) is 4.98. The van der Waals surface area contributed by atoms with Gasteiger partial charge in [-0.05, 0) is 31.0 Å². The van der Waals surface area contributed by atoms with E-state index < -0.39 is 5.82 Å². The van der Waals surface area contributed by atoms with Crippen molar-refractivity contribution in [3.8, 4) is 0 Å². The first-order chi connectivity index (χ1) is 8.99. The third kappa shape index (κ3) is 2.99. The van der Waals surface area contributed by atoms with Crippen LogP contribution in [-0.2, 0) is 0 Å². The zero-order chi connectivity index (χ0) is 14.0. The zero-order valence-electron chi connectivity index (χ0n) is 10.9. The van der Waals surface area contributed by atoms with Crippen molar-refractivity contribution in [3.05, 3.63) is 58.4 Å². The Bertz CT molecular complexity index is 599. The lowest BCUT2D eigenvalue weighted by atomic mass is 10.0. The smallest absolute Gasteiger partial charge is 0.143 e. The summed E-state index contributed by atoms with van der Waals surface area (Å²) in [5, 5.41) is 3.32. The summed E-state index contributed by atoms with van der Waals surface area (Å²) in [6.45, 7) is 4.08. The van der Waals surface area contributed by atoms with Gasteiger partial charge in [0.15, 0.2) is 0 Å². The predicted octanol–water partition coefficient (Wildman–Crippen LogP) is 4.54. The maximum atomic E-state index is 13.2. The minimum absolute atomic E-state index is 0.0602. The van der Waals surface area contributed by atoms with Crippen LogP contribution in [0, 0.1) is 12.7 Å². The van der Waals surface area contributed by atoms with Crippen molar-refractivity contribution < 1.29 is 4.39 Å². The van der Waals surface area contributed by atoms with Gasteiger partial charge in [0.25, 0.3) is 0 Å². The monoisotopic (exact) mass is 278 g/mol. The van der Waals surface area contributed by atoms with E-state index in [2.05, 4.69) is 18.3 Å². The summed E-state index contributed by atoms with van der Waals surface area (Å²) >= 11 is 5.78. The van der Waals surface area contributed by atoms with Crippen molar-refractivity contribution in [2.75, 3.05) is 11.1 Å². The van der Waals surface area contributed by atoms with E-state index in [-0.39, 0.29) is 11.1 Å². The number of hydrogen-bond acceptors (Lipinski definition) is 2. The van der Waals surface area contributed by atoms with Gasteiger partial charge in [-0.15, -0.1) is 0 Å². The molecule has 0 heterocycles. The number of aryl methyl sites for hydroxylation is 1. The molecular formula is C15H16ClFN2. The molecule has 4 heteroatoms. The van der Waals surface area contributed by atoms with Crippen LogP contribution in [0.15, 0.2) is 36.4 Å². The van der Waals surface area contributed by atoms with Gasteiger partial charge in [-0.2, -0.15) is 0 Å². The molecule has 0 radical (unpaired) electrons. The normalized spacial score (nSPS) is 12.2. The number of benzene rings is 2. The molecule has 1 unspecified atom stereocenters. The minimum atomic E-state index is -0.506. The van der Waals surface area contributed by atoms with Crippen molar-refractivity contribution in [2.45, 2.75) is 19.9 Å². The Morgan fingerprint density at radius 2 is 1.95 bits per heavy atom. The highest BCUT2D eigenvalue weighted by Crippen LogP contribution is 2.30.